The van der Waals surface area contributed by atoms with E-state index < -0.39 is 0 Å². The predicted octanol–water partition coefficient (Wildman–Crippen LogP) is 2.63. The van der Waals surface area contributed by atoms with Crippen LogP contribution in [-0.2, 0) is 6.42 Å². The highest BCUT2D eigenvalue weighted by Crippen LogP contribution is 2.21. The highest BCUT2D eigenvalue weighted by atomic mass is 16.3. The second-order valence-electron chi connectivity index (χ2n) is 4.63. The second kappa shape index (κ2) is 5.31. The van der Waals surface area contributed by atoms with Gasteiger partial charge < -0.3 is 10.2 Å². The Morgan fingerprint density at radius 1 is 1.33 bits per heavy atom. The topological polar surface area (TPSA) is 64.9 Å². The minimum Gasteiger partial charge on any atom is -0.461 e. The molecule has 0 saturated heterocycles. The molecule has 1 atom stereocenters. The van der Waals surface area contributed by atoms with Gasteiger partial charge in [0.2, 0.25) is 0 Å². The summed E-state index contributed by atoms with van der Waals surface area (Å²) in [7, 11) is 0. The van der Waals surface area contributed by atoms with Gasteiger partial charge in [-0.1, -0.05) is 6.92 Å². The summed E-state index contributed by atoms with van der Waals surface area (Å²) in [6.07, 6.45) is 3.37. The summed E-state index contributed by atoms with van der Waals surface area (Å²) in [5, 5.41) is 0. The van der Waals surface area contributed by atoms with Crippen molar-refractivity contribution in [2.75, 3.05) is 0 Å². The van der Waals surface area contributed by atoms with E-state index in [0.29, 0.717) is 5.82 Å². The zero-order valence-electron chi connectivity index (χ0n) is 11.1. The molecule has 0 bridgehead atoms. The van der Waals surface area contributed by atoms with Crippen molar-refractivity contribution in [2.24, 2.45) is 5.73 Å². The van der Waals surface area contributed by atoms with Gasteiger partial charge in [-0.3, -0.25) is 0 Å². The van der Waals surface area contributed by atoms with Crippen LogP contribution in [0.4, 0.5) is 0 Å². The molecule has 4 nitrogen and oxygen atoms in total. The standard InChI is InChI=1S/C14H19N3O/c1-4-11(15)8-12-7-10(3)16-14(17-12)13-9(2)5-6-18-13/h5-7,11H,4,8,15H2,1-3H3. The number of aromatic nitrogens is 2. The van der Waals surface area contributed by atoms with Gasteiger partial charge >= 0.3 is 0 Å². The van der Waals surface area contributed by atoms with E-state index in [1.165, 1.54) is 0 Å². The van der Waals surface area contributed by atoms with Crippen LogP contribution in [0.2, 0.25) is 0 Å². The normalized spacial score (nSPS) is 12.7. The molecule has 2 aromatic heterocycles. The third kappa shape index (κ3) is 2.76. The lowest BCUT2D eigenvalue weighted by Crippen LogP contribution is -2.22. The van der Waals surface area contributed by atoms with Crippen molar-refractivity contribution in [1.29, 1.82) is 0 Å². The smallest absolute Gasteiger partial charge is 0.196 e. The van der Waals surface area contributed by atoms with E-state index in [-0.39, 0.29) is 6.04 Å². The number of nitrogens with zero attached hydrogens (tertiary/aromatic N) is 2. The van der Waals surface area contributed by atoms with Crippen molar-refractivity contribution in [3.63, 3.8) is 0 Å². The summed E-state index contributed by atoms with van der Waals surface area (Å²) in [4.78, 5) is 8.96. The zero-order chi connectivity index (χ0) is 13.1. The summed E-state index contributed by atoms with van der Waals surface area (Å²) < 4.78 is 5.44. The van der Waals surface area contributed by atoms with E-state index in [9.17, 15) is 0 Å². The summed E-state index contributed by atoms with van der Waals surface area (Å²) in [6.45, 7) is 6.03. The van der Waals surface area contributed by atoms with Gasteiger partial charge in [-0.15, -0.1) is 0 Å². The van der Waals surface area contributed by atoms with Gasteiger partial charge in [0.15, 0.2) is 11.6 Å². The van der Waals surface area contributed by atoms with Crippen molar-refractivity contribution < 1.29 is 4.42 Å². The molecule has 2 aromatic rings. The summed E-state index contributed by atoms with van der Waals surface area (Å²) >= 11 is 0. The fourth-order valence-corrected chi connectivity index (χ4v) is 1.85. The fourth-order valence-electron chi connectivity index (χ4n) is 1.85. The maximum absolute atomic E-state index is 5.97. The van der Waals surface area contributed by atoms with E-state index in [2.05, 4.69) is 16.9 Å². The summed E-state index contributed by atoms with van der Waals surface area (Å²) in [6, 6.07) is 4.04. The number of hydrogen-bond donors (Lipinski definition) is 1. The molecule has 2 rings (SSSR count). The molecule has 0 amide bonds. The molecular formula is C14H19N3O. The minimum absolute atomic E-state index is 0.143. The summed E-state index contributed by atoms with van der Waals surface area (Å²) in [5.41, 5.74) is 8.93. The Balaban J connectivity index is 2.35. The number of hydrogen-bond acceptors (Lipinski definition) is 4. The molecule has 0 aliphatic carbocycles. The zero-order valence-corrected chi connectivity index (χ0v) is 11.1. The Labute approximate surface area is 107 Å². The third-order valence-electron chi connectivity index (χ3n) is 2.97. The highest BCUT2D eigenvalue weighted by molar-refractivity contribution is 5.52. The Hall–Kier alpha value is -1.68. The maximum Gasteiger partial charge on any atom is 0.196 e. The van der Waals surface area contributed by atoms with Crippen LogP contribution in [0, 0.1) is 13.8 Å². The molecule has 0 fully saturated rings. The van der Waals surface area contributed by atoms with Crippen LogP contribution in [0.5, 0.6) is 0 Å². The Bertz CT molecular complexity index is 534. The molecule has 0 aliphatic rings. The van der Waals surface area contributed by atoms with E-state index >= 15 is 0 Å². The van der Waals surface area contributed by atoms with Gasteiger partial charge in [0.05, 0.1) is 6.26 Å². The van der Waals surface area contributed by atoms with E-state index in [1.807, 2.05) is 26.0 Å². The van der Waals surface area contributed by atoms with Crippen LogP contribution in [0.15, 0.2) is 22.8 Å². The van der Waals surface area contributed by atoms with Crippen LogP contribution in [-0.4, -0.2) is 16.0 Å². The summed E-state index contributed by atoms with van der Waals surface area (Å²) in [5.74, 6) is 1.39. The van der Waals surface area contributed by atoms with Crippen LogP contribution >= 0.6 is 0 Å². The Kier molecular flexibility index (Phi) is 3.77. The number of furan rings is 1. The highest BCUT2D eigenvalue weighted by Gasteiger charge is 2.12. The molecule has 96 valence electrons. The molecule has 18 heavy (non-hydrogen) atoms. The largest absolute Gasteiger partial charge is 0.461 e. The van der Waals surface area contributed by atoms with Gasteiger partial charge in [0.1, 0.15) is 0 Å². The first-order valence-corrected chi connectivity index (χ1v) is 6.24. The maximum atomic E-state index is 5.97. The van der Waals surface area contributed by atoms with E-state index in [4.69, 9.17) is 10.2 Å². The molecule has 2 N–H and O–H groups in total. The number of aryl methyl sites for hydroxylation is 2. The molecule has 0 aromatic carbocycles. The van der Waals surface area contributed by atoms with Crippen molar-refractivity contribution in [3.05, 3.63) is 35.3 Å². The number of rotatable bonds is 4. The lowest BCUT2D eigenvalue weighted by atomic mass is 10.1. The molecule has 0 radical (unpaired) electrons. The molecule has 2 heterocycles. The lowest BCUT2D eigenvalue weighted by molar-refractivity contribution is 0.573. The predicted molar refractivity (Wildman–Crippen MR) is 71.2 cm³/mol. The molecule has 1 unspecified atom stereocenters. The quantitative estimate of drug-likeness (QED) is 0.899. The van der Waals surface area contributed by atoms with Gasteiger partial charge in [-0.2, -0.15) is 0 Å². The van der Waals surface area contributed by atoms with Gasteiger partial charge in [0.25, 0.3) is 0 Å². The Morgan fingerprint density at radius 2 is 2.11 bits per heavy atom. The van der Waals surface area contributed by atoms with E-state index in [0.717, 1.165) is 35.6 Å². The van der Waals surface area contributed by atoms with Crippen LogP contribution in [0.25, 0.3) is 11.6 Å². The van der Waals surface area contributed by atoms with E-state index in [1.54, 1.807) is 6.26 Å². The average Bonchev–Trinajstić information content (AvgIpc) is 2.74. The van der Waals surface area contributed by atoms with Crippen molar-refractivity contribution >= 4 is 0 Å². The third-order valence-corrected chi connectivity index (χ3v) is 2.97. The molecule has 0 saturated carbocycles. The van der Waals surface area contributed by atoms with Crippen LogP contribution in [0.3, 0.4) is 0 Å². The van der Waals surface area contributed by atoms with Crippen molar-refractivity contribution in [3.8, 4) is 11.6 Å². The molecule has 0 aliphatic heterocycles. The van der Waals surface area contributed by atoms with Gasteiger partial charge in [-0.25, -0.2) is 9.97 Å². The first-order chi connectivity index (χ1) is 8.60. The number of nitrogens with two attached hydrogens (primary N) is 1. The SMILES string of the molecule is CCC(N)Cc1cc(C)nc(-c2occc2C)n1. The molecule has 0 spiro atoms. The molecular weight excluding hydrogens is 226 g/mol. The first-order valence-electron chi connectivity index (χ1n) is 6.24. The minimum atomic E-state index is 0.143. The monoisotopic (exact) mass is 245 g/mol. The Morgan fingerprint density at radius 3 is 2.72 bits per heavy atom. The lowest BCUT2D eigenvalue weighted by Gasteiger charge is -2.09. The van der Waals surface area contributed by atoms with Crippen LogP contribution in [0.1, 0.15) is 30.3 Å². The van der Waals surface area contributed by atoms with Gasteiger partial charge in [0, 0.05) is 23.9 Å². The first kappa shape index (κ1) is 12.8. The second-order valence-corrected chi connectivity index (χ2v) is 4.63. The van der Waals surface area contributed by atoms with Crippen molar-refractivity contribution in [2.45, 2.75) is 39.7 Å². The fraction of sp³-hybridized carbons (Fsp3) is 0.429. The van der Waals surface area contributed by atoms with Crippen LogP contribution < -0.4 is 5.73 Å². The average molecular weight is 245 g/mol. The van der Waals surface area contributed by atoms with Crippen molar-refractivity contribution in [1.82, 2.24) is 9.97 Å². The molecule has 4 heteroatoms. The van der Waals surface area contributed by atoms with Gasteiger partial charge in [-0.05, 0) is 38.0 Å².